The fourth-order valence-electron chi connectivity index (χ4n) is 3.72. The van der Waals surface area contributed by atoms with Gasteiger partial charge in [0, 0.05) is 13.2 Å². The maximum Gasteiger partial charge on any atom is 0.227 e. The molecule has 3 fully saturated rings. The van der Waals surface area contributed by atoms with E-state index in [1.165, 1.54) is 12.8 Å². The van der Waals surface area contributed by atoms with Crippen molar-refractivity contribution in [3.8, 4) is 0 Å². The van der Waals surface area contributed by atoms with Crippen LogP contribution < -0.4 is 10.6 Å². The van der Waals surface area contributed by atoms with Gasteiger partial charge in [0.1, 0.15) is 0 Å². The molecule has 3 unspecified atom stereocenters. The summed E-state index contributed by atoms with van der Waals surface area (Å²) in [7, 11) is 0. The summed E-state index contributed by atoms with van der Waals surface area (Å²) >= 11 is 0. The minimum absolute atomic E-state index is 0.161. The van der Waals surface area contributed by atoms with Crippen LogP contribution in [0.4, 0.5) is 0 Å². The van der Waals surface area contributed by atoms with E-state index in [2.05, 4.69) is 17.6 Å². The Balaban J connectivity index is 1.62. The lowest BCUT2D eigenvalue weighted by molar-refractivity contribution is -0.131. The number of hydrogen-bond donors (Lipinski definition) is 2. The normalized spacial score (nSPS) is 38.6. The molecule has 2 heterocycles. The quantitative estimate of drug-likeness (QED) is 0.792. The Hall–Kier alpha value is -0.610. The van der Waals surface area contributed by atoms with E-state index >= 15 is 0 Å². The summed E-state index contributed by atoms with van der Waals surface area (Å²) in [6, 6.07) is 0.259. The summed E-state index contributed by atoms with van der Waals surface area (Å²) in [5.41, 5.74) is -0.161. The van der Waals surface area contributed by atoms with Crippen LogP contribution in [0.5, 0.6) is 0 Å². The molecule has 1 aliphatic carbocycles. The van der Waals surface area contributed by atoms with Crippen LogP contribution in [0.1, 0.15) is 45.4 Å². The van der Waals surface area contributed by atoms with E-state index in [0.29, 0.717) is 5.92 Å². The van der Waals surface area contributed by atoms with E-state index in [-0.39, 0.29) is 23.5 Å². The van der Waals surface area contributed by atoms with Crippen molar-refractivity contribution < 1.29 is 9.53 Å². The van der Waals surface area contributed by atoms with Crippen LogP contribution in [0.3, 0.4) is 0 Å². The fraction of sp³-hybridized carbons (Fsp3) is 0.933. The number of ether oxygens (including phenoxy) is 1. The molecule has 2 saturated heterocycles. The second-order valence-corrected chi connectivity index (χ2v) is 6.50. The van der Waals surface area contributed by atoms with Crippen molar-refractivity contribution in [1.82, 2.24) is 10.6 Å². The van der Waals surface area contributed by atoms with Crippen LogP contribution in [0.2, 0.25) is 0 Å². The second kappa shape index (κ2) is 5.41. The highest BCUT2D eigenvalue weighted by Crippen LogP contribution is 2.39. The Kier molecular flexibility index (Phi) is 3.81. The van der Waals surface area contributed by atoms with Crippen molar-refractivity contribution in [3.05, 3.63) is 0 Å². The second-order valence-electron chi connectivity index (χ2n) is 6.50. The van der Waals surface area contributed by atoms with Gasteiger partial charge >= 0.3 is 0 Å². The first-order valence-corrected chi connectivity index (χ1v) is 7.88. The molecular formula is C15H26N2O2. The van der Waals surface area contributed by atoms with Crippen molar-refractivity contribution in [2.45, 2.75) is 57.6 Å². The molecule has 3 atom stereocenters. The van der Waals surface area contributed by atoms with Crippen molar-refractivity contribution in [3.63, 3.8) is 0 Å². The van der Waals surface area contributed by atoms with Crippen molar-refractivity contribution in [1.29, 1.82) is 0 Å². The molecule has 4 nitrogen and oxygen atoms in total. The van der Waals surface area contributed by atoms with E-state index in [0.717, 1.165) is 45.4 Å². The third-order valence-electron chi connectivity index (χ3n) is 4.99. The van der Waals surface area contributed by atoms with Crippen molar-refractivity contribution in [2.75, 3.05) is 19.7 Å². The third-order valence-corrected chi connectivity index (χ3v) is 4.99. The summed E-state index contributed by atoms with van der Waals surface area (Å²) in [5.74, 6) is 0.970. The van der Waals surface area contributed by atoms with Gasteiger partial charge in [-0.3, -0.25) is 4.79 Å². The van der Waals surface area contributed by atoms with Gasteiger partial charge in [0.05, 0.1) is 17.6 Å². The molecule has 0 aromatic rings. The summed E-state index contributed by atoms with van der Waals surface area (Å²) in [6.45, 7) is 4.79. The maximum absolute atomic E-state index is 12.7. The number of amides is 1. The number of rotatable bonds is 5. The Morgan fingerprint density at radius 3 is 2.89 bits per heavy atom. The first-order chi connectivity index (χ1) is 9.25. The fourth-order valence-corrected chi connectivity index (χ4v) is 3.72. The average Bonchev–Trinajstić information content (AvgIpc) is 2.95. The molecule has 1 saturated carbocycles. The summed E-state index contributed by atoms with van der Waals surface area (Å²) in [5, 5.41) is 6.67. The zero-order valence-corrected chi connectivity index (χ0v) is 11.9. The van der Waals surface area contributed by atoms with Crippen molar-refractivity contribution >= 4 is 5.91 Å². The van der Waals surface area contributed by atoms with Crippen LogP contribution in [0.15, 0.2) is 0 Å². The highest BCUT2D eigenvalue weighted by molar-refractivity contribution is 5.83. The molecule has 0 aromatic carbocycles. The molecule has 3 aliphatic rings. The van der Waals surface area contributed by atoms with Gasteiger partial charge in [0.2, 0.25) is 5.91 Å². The average molecular weight is 266 g/mol. The van der Waals surface area contributed by atoms with Gasteiger partial charge in [0.25, 0.3) is 0 Å². The molecule has 3 rings (SSSR count). The SMILES string of the molecule is CCCC1(C(=O)NC2CCOC2C2CC2)CCNC1. The van der Waals surface area contributed by atoms with E-state index in [1.54, 1.807) is 0 Å². The van der Waals surface area contributed by atoms with E-state index < -0.39 is 0 Å². The van der Waals surface area contributed by atoms with E-state index in [1.807, 2.05) is 0 Å². The number of nitrogens with one attached hydrogen (secondary N) is 2. The summed E-state index contributed by atoms with van der Waals surface area (Å²) in [6.07, 6.45) is 6.88. The first kappa shape index (κ1) is 13.4. The summed E-state index contributed by atoms with van der Waals surface area (Å²) < 4.78 is 5.82. The first-order valence-electron chi connectivity index (χ1n) is 7.88. The highest BCUT2D eigenvalue weighted by atomic mass is 16.5. The molecule has 108 valence electrons. The number of hydrogen-bond acceptors (Lipinski definition) is 3. The lowest BCUT2D eigenvalue weighted by Gasteiger charge is -2.29. The standard InChI is InChI=1S/C15H26N2O2/c1-2-6-15(7-8-16-10-15)14(18)17-12-5-9-19-13(12)11-3-4-11/h11-13,16H,2-10H2,1H3,(H,17,18). The topological polar surface area (TPSA) is 50.4 Å². The Morgan fingerprint density at radius 1 is 1.42 bits per heavy atom. The molecule has 0 bridgehead atoms. The zero-order chi connectivity index (χ0) is 13.3. The third kappa shape index (κ3) is 2.65. The molecule has 0 aromatic heterocycles. The van der Waals surface area contributed by atoms with Gasteiger partial charge in [-0.25, -0.2) is 0 Å². The molecule has 0 spiro atoms. The van der Waals surface area contributed by atoms with Crippen molar-refractivity contribution in [2.24, 2.45) is 11.3 Å². The van der Waals surface area contributed by atoms with Gasteiger partial charge in [-0.05, 0) is 44.6 Å². The largest absolute Gasteiger partial charge is 0.376 e. The maximum atomic E-state index is 12.7. The molecule has 1 amide bonds. The monoisotopic (exact) mass is 266 g/mol. The Labute approximate surface area is 115 Å². The van der Waals surface area contributed by atoms with Gasteiger partial charge in [-0.1, -0.05) is 13.3 Å². The number of carbonyl (C=O) groups excluding carboxylic acids is 1. The molecule has 2 aliphatic heterocycles. The highest BCUT2D eigenvalue weighted by Gasteiger charge is 2.45. The lowest BCUT2D eigenvalue weighted by Crippen LogP contribution is -2.49. The lowest BCUT2D eigenvalue weighted by atomic mass is 9.81. The predicted octanol–water partition coefficient (Wildman–Crippen LogP) is 1.45. The summed E-state index contributed by atoms with van der Waals surface area (Å²) in [4.78, 5) is 12.7. The Bertz CT molecular complexity index is 335. The van der Waals surface area contributed by atoms with Gasteiger partial charge < -0.3 is 15.4 Å². The smallest absolute Gasteiger partial charge is 0.227 e. The van der Waals surface area contributed by atoms with E-state index in [9.17, 15) is 4.79 Å². The molecule has 19 heavy (non-hydrogen) atoms. The molecule has 0 radical (unpaired) electrons. The molecule has 2 N–H and O–H groups in total. The van der Waals surface area contributed by atoms with E-state index in [4.69, 9.17) is 4.74 Å². The van der Waals surface area contributed by atoms with Crippen LogP contribution in [-0.2, 0) is 9.53 Å². The predicted molar refractivity (Wildman–Crippen MR) is 73.8 cm³/mol. The van der Waals surface area contributed by atoms with Gasteiger partial charge in [0.15, 0.2) is 0 Å². The van der Waals surface area contributed by atoms with Crippen LogP contribution in [0.25, 0.3) is 0 Å². The van der Waals surface area contributed by atoms with Crippen LogP contribution >= 0.6 is 0 Å². The van der Waals surface area contributed by atoms with Crippen LogP contribution in [-0.4, -0.2) is 37.7 Å². The van der Waals surface area contributed by atoms with Crippen LogP contribution in [0, 0.1) is 11.3 Å². The minimum atomic E-state index is -0.161. The Morgan fingerprint density at radius 2 is 2.26 bits per heavy atom. The molecular weight excluding hydrogens is 240 g/mol. The zero-order valence-electron chi connectivity index (χ0n) is 11.9. The molecule has 4 heteroatoms. The minimum Gasteiger partial charge on any atom is -0.376 e. The van der Waals surface area contributed by atoms with Gasteiger partial charge in [-0.2, -0.15) is 0 Å². The van der Waals surface area contributed by atoms with Gasteiger partial charge in [-0.15, -0.1) is 0 Å². The number of carbonyl (C=O) groups is 1.